The maximum atomic E-state index is 12.0. The minimum atomic E-state index is -0.499. The molecule has 0 radical (unpaired) electrons. The number of benzene rings is 2. The van der Waals surface area contributed by atoms with Crippen molar-refractivity contribution < 1.29 is 14.5 Å². The normalized spacial score (nSPS) is 10.2. The van der Waals surface area contributed by atoms with Gasteiger partial charge in [0.2, 0.25) is 0 Å². The Labute approximate surface area is 134 Å². The van der Waals surface area contributed by atoms with Crippen molar-refractivity contribution in [1.82, 2.24) is 0 Å². The molecule has 6 nitrogen and oxygen atoms in total. The summed E-state index contributed by atoms with van der Waals surface area (Å²) in [4.78, 5) is 22.3. The van der Waals surface area contributed by atoms with Crippen LogP contribution in [0.4, 0.5) is 11.4 Å². The van der Waals surface area contributed by atoms with Crippen LogP contribution < -0.4 is 10.1 Å². The van der Waals surface area contributed by atoms with Crippen molar-refractivity contribution in [2.24, 2.45) is 0 Å². The van der Waals surface area contributed by atoms with Crippen LogP contribution in [0.25, 0.3) is 0 Å². The molecule has 2 aromatic carbocycles. The Morgan fingerprint density at radius 1 is 1.09 bits per heavy atom. The second-order valence-electron chi connectivity index (χ2n) is 5.34. The minimum absolute atomic E-state index is 0.0685. The van der Waals surface area contributed by atoms with E-state index < -0.39 is 4.92 Å². The molecule has 0 bridgehead atoms. The highest BCUT2D eigenvalue weighted by atomic mass is 16.6. The lowest BCUT2D eigenvalue weighted by Gasteiger charge is -2.10. The van der Waals surface area contributed by atoms with E-state index >= 15 is 0 Å². The number of nitrogens with one attached hydrogen (secondary N) is 1. The van der Waals surface area contributed by atoms with Crippen LogP contribution in [0.5, 0.6) is 5.75 Å². The maximum absolute atomic E-state index is 12.0. The fourth-order valence-electron chi connectivity index (χ4n) is 2.00. The Morgan fingerprint density at radius 2 is 1.78 bits per heavy atom. The zero-order valence-corrected chi connectivity index (χ0v) is 13.3. The number of hydrogen-bond donors (Lipinski definition) is 1. The lowest BCUT2D eigenvalue weighted by atomic mass is 10.1. The van der Waals surface area contributed by atoms with E-state index in [1.807, 2.05) is 26.0 Å². The summed E-state index contributed by atoms with van der Waals surface area (Å²) < 4.78 is 5.45. The molecule has 2 aromatic rings. The van der Waals surface area contributed by atoms with Crippen molar-refractivity contribution >= 4 is 17.3 Å². The predicted octanol–water partition coefficient (Wildman–Crippen LogP) is 3.54. The van der Waals surface area contributed by atoms with Crippen LogP contribution in [0.1, 0.15) is 16.7 Å². The third-order valence-corrected chi connectivity index (χ3v) is 3.55. The molecular weight excluding hydrogens is 296 g/mol. The molecule has 0 saturated carbocycles. The molecule has 0 aliphatic heterocycles. The largest absolute Gasteiger partial charge is 0.484 e. The molecular formula is C17H18N2O4. The van der Waals surface area contributed by atoms with Crippen molar-refractivity contribution in [3.63, 3.8) is 0 Å². The number of carbonyl (C=O) groups excluding carboxylic acids is 1. The van der Waals surface area contributed by atoms with E-state index in [1.54, 1.807) is 19.1 Å². The van der Waals surface area contributed by atoms with Gasteiger partial charge in [0.15, 0.2) is 6.61 Å². The molecule has 0 spiro atoms. The number of nitro benzene ring substituents is 1. The molecule has 120 valence electrons. The fraction of sp³-hybridized carbons (Fsp3) is 0.235. The van der Waals surface area contributed by atoms with Gasteiger partial charge >= 0.3 is 0 Å². The molecule has 2 rings (SSSR count). The quantitative estimate of drug-likeness (QED) is 0.676. The Balaban J connectivity index is 2.00. The molecule has 0 heterocycles. The number of anilines is 1. The molecule has 0 aliphatic carbocycles. The van der Waals surface area contributed by atoms with Crippen molar-refractivity contribution in [3.05, 3.63) is 63.2 Å². The van der Waals surface area contributed by atoms with E-state index in [1.165, 1.54) is 12.1 Å². The molecule has 1 amide bonds. The average molecular weight is 314 g/mol. The van der Waals surface area contributed by atoms with Crippen LogP contribution in [-0.2, 0) is 4.79 Å². The first-order valence-electron chi connectivity index (χ1n) is 7.12. The molecule has 23 heavy (non-hydrogen) atoms. The number of amides is 1. The maximum Gasteiger partial charge on any atom is 0.271 e. The smallest absolute Gasteiger partial charge is 0.271 e. The number of aryl methyl sites for hydroxylation is 3. The van der Waals surface area contributed by atoms with Gasteiger partial charge in [-0.25, -0.2) is 0 Å². The molecule has 0 unspecified atom stereocenters. The number of non-ortho nitro benzene ring substituents is 1. The number of nitro groups is 1. The monoisotopic (exact) mass is 314 g/mol. The summed E-state index contributed by atoms with van der Waals surface area (Å²) in [5, 5.41) is 13.4. The van der Waals surface area contributed by atoms with Crippen molar-refractivity contribution in [2.45, 2.75) is 20.8 Å². The lowest BCUT2D eigenvalue weighted by Crippen LogP contribution is -2.20. The summed E-state index contributed by atoms with van der Waals surface area (Å²) in [5.41, 5.74) is 3.32. The number of carbonyl (C=O) groups is 1. The molecule has 1 N–H and O–H groups in total. The zero-order valence-electron chi connectivity index (χ0n) is 13.3. The number of rotatable bonds is 5. The first-order chi connectivity index (χ1) is 10.9. The summed E-state index contributed by atoms with van der Waals surface area (Å²) >= 11 is 0. The third-order valence-electron chi connectivity index (χ3n) is 3.55. The molecule has 0 saturated heterocycles. The van der Waals surface area contributed by atoms with E-state index in [9.17, 15) is 14.9 Å². The van der Waals surface area contributed by atoms with E-state index in [2.05, 4.69) is 5.32 Å². The van der Waals surface area contributed by atoms with Gasteiger partial charge in [0.25, 0.3) is 11.6 Å². The van der Waals surface area contributed by atoms with Gasteiger partial charge < -0.3 is 10.1 Å². The SMILES string of the molecule is Cc1ccc(OCC(=O)Nc2cc([N+](=O)[O-])ccc2C)cc1C. The van der Waals surface area contributed by atoms with Crippen LogP contribution in [0.2, 0.25) is 0 Å². The van der Waals surface area contributed by atoms with Gasteiger partial charge in [0.05, 0.1) is 10.6 Å². The van der Waals surface area contributed by atoms with E-state index in [0.717, 1.165) is 16.7 Å². The second-order valence-corrected chi connectivity index (χ2v) is 5.34. The summed E-state index contributed by atoms with van der Waals surface area (Å²) in [6.45, 7) is 5.57. The summed E-state index contributed by atoms with van der Waals surface area (Å²) in [6.07, 6.45) is 0. The average Bonchev–Trinajstić information content (AvgIpc) is 2.50. The lowest BCUT2D eigenvalue weighted by molar-refractivity contribution is -0.384. The molecule has 0 aliphatic rings. The summed E-state index contributed by atoms with van der Waals surface area (Å²) in [5.74, 6) is 0.242. The summed E-state index contributed by atoms with van der Waals surface area (Å²) in [6, 6.07) is 9.92. The first kappa shape index (κ1) is 16.5. The van der Waals surface area contributed by atoms with Gasteiger partial charge in [0.1, 0.15) is 5.75 Å². The zero-order chi connectivity index (χ0) is 17.0. The van der Waals surface area contributed by atoms with Crippen molar-refractivity contribution in [1.29, 1.82) is 0 Å². The van der Waals surface area contributed by atoms with Crippen LogP contribution >= 0.6 is 0 Å². The van der Waals surface area contributed by atoms with Gasteiger partial charge in [-0.05, 0) is 49.6 Å². The van der Waals surface area contributed by atoms with E-state index in [-0.39, 0.29) is 18.2 Å². The number of ether oxygens (including phenoxy) is 1. The van der Waals surface area contributed by atoms with Crippen LogP contribution in [0.3, 0.4) is 0 Å². The highest BCUT2D eigenvalue weighted by Crippen LogP contribution is 2.22. The van der Waals surface area contributed by atoms with Crippen LogP contribution in [0.15, 0.2) is 36.4 Å². The van der Waals surface area contributed by atoms with Gasteiger partial charge in [-0.1, -0.05) is 12.1 Å². The standard InChI is InChI=1S/C17H18N2O4/c1-11-5-7-15(8-13(11)3)23-10-17(20)18-16-9-14(19(21)22)6-4-12(16)2/h4-9H,10H2,1-3H3,(H,18,20). The topological polar surface area (TPSA) is 81.5 Å². The molecule has 0 atom stereocenters. The Kier molecular flexibility index (Phi) is 4.95. The Hall–Kier alpha value is -2.89. The Morgan fingerprint density at radius 3 is 2.43 bits per heavy atom. The highest BCUT2D eigenvalue weighted by Gasteiger charge is 2.11. The fourth-order valence-corrected chi connectivity index (χ4v) is 2.00. The van der Waals surface area contributed by atoms with Crippen molar-refractivity contribution in [2.75, 3.05) is 11.9 Å². The van der Waals surface area contributed by atoms with Gasteiger partial charge in [-0.3, -0.25) is 14.9 Å². The van der Waals surface area contributed by atoms with Gasteiger partial charge in [-0.2, -0.15) is 0 Å². The summed E-state index contributed by atoms with van der Waals surface area (Å²) in [7, 11) is 0. The second kappa shape index (κ2) is 6.91. The van der Waals surface area contributed by atoms with Crippen LogP contribution in [-0.4, -0.2) is 17.4 Å². The number of nitrogens with zero attached hydrogens (tertiary/aromatic N) is 1. The van der Waals surface area contributed by atoms with Gasteiger partial charge in [-0.15, -0.1) is 0 Å². The first-order valence-corrected chi connectivity index (χ1v) is 7.12. The van der Waals surface area contributed by atoms with E-state index in [0.29, 0.717) is 11.4 Å². The highest BCUT2D eigenvalue weighted by molar-refractivity contribution is 5.93. The predicted molar refractivity (Wildman–Crippen MR) is 87.9 cm³/mol. The molecule has 0 aromatic heterocycles. The number of hydrogen-bond acceptors (Lipinski definition) is 4. The molecule has 6 heteroatoms. The van der Waals surface area contributed by atoms with Crippen LogP contribution in [0, 0.1) is 30.9 Å². The minimum Gasteiger partial charge on any atom is -0.484 e. The molecule has 0 fully saturated rings. The van der Waals surface area contributed by atoms with Crippen molar-refractivity contribution in [3.8, 4) is 5.75 Å². The Bertz CT molecular complexity index is 756. The van der Waals surface area contributed by atoms with E-state index in [4.69, 9.17) is 4.74 Å². The van der Waals surface area contributed by atoms with Gasteiger partial charge in [0, 0.05) is 12.1 Å². The third kappa shape index (κ3) is 4.29.